The molecule has 2 rings (SSSR count). The summed E-state index contributed by atoms with van der Waals surface area (Å²) in [7, 11) is 1.40. The summed E-state index contributed by atoms with van der Waals surface area (Å²) in [6, 6.07) is 6.27. The number of ether oxygens (including phenoxy) is 1. The summed E-state index contributed by atoms with van der Waals surface area (Å²) in [6.07, 6.45) is 0. The second kappa shape index (κ2) is 6.41. The van der Waals surface area contributed by atoms with Gasteiger partial charge in [0, 0.05) is 20.2 Å². The first-order valence-corrected chi connectivity index (χ1v) is 8.42. The maximum absolute atomic E-state index is 12.6. The SMILES string of the molecule is COc1cccc(S(=O)(=O)Nc2c(C)nc(N(C)C)nc2C)c1. The van der Waals surface area contributed by atoms with Crippen LogP contribution in [0.5, 0.6) is 5.75 Å². The van der Waals surface area contributed by atoms with Crippen LogP contribution in [-0.2, 0) is 10.0 Å². The van der Waals surface area contributed by atoms with Crippen molar-refractivity contribution < 1.29 is 13.2 Å². The van der Waals surface area contributed by atoms with Crippen molar-refractivity contribution in [3.63, 3.8) is 0 Å². The van der Waals surface area contributed by atoms with Crippen LogP contribution < -0.4 is 14.4 Å². The molecule has 0 spiro atoms. The Balaban J connectivity index is 2.41. The van der Waals surface area contributed by atoms with Crippen LogP contribution in [-0.4, -0.2) is 39.6 Å². The summed E-state index contributed by atoms with van der Waals surface area (Å²) in [6.45, 7) is 3.48. The highest BCUT2D eigenvalue weighted by molar-refractivity contribution is 7.92. The summed E-state index contributed by atoms with van der Waals surface area (Å²) < 4.78 is 32.7. The highest BCUT2D eigenvalue weighted by atomic mass is 32.2. The second-order valence-corrected chi connectivity index (χ2v) is 6.93. The van der Waals surface area contributed by atoms with Crippen molar-refractivity contribution in [3.8, 4) is 5.75 Å². The van der Waals surface area contributed by atoms with Crippen molar-refractivity contribution in [2.24, 2.45) is 0 Å². The molecular formula is C15H20N4O3S. The third-order valence-corrected chi connectivity index (χ3v) is 4.59. The Bertz CT molecular complexity index is 796. The van der Waals surface area contributed by atoms with Crippen LogP contribution in [0.2, 0.25) is 0 Å². The third kappa shape index (κ3) is 3.70. The molecule has 1 aromatic heterocycles. The van der Waals surface area contributed by atoms with Gasteiger partial charge in [-0.05, 0) is 26.0 Å². The molecule has 0 fully saturated rings. The summed E-state index contributed by atoms with van der Waals surface area (Å²) in [4.78, 5) is 10.5. The van der Waals surface area contributed by atoms with Gasteiger partial charge in [0.1, 0.15) is 5.75 Å². The molecule has 0 radical (unpaired) electrons. The van der Waals surface area contributed by atoms with E-state index in [1.54, 1.807) is 30.9 Å². The zero-order valence-corrected chi connectivity index (χ0v) is 14.6. The van der Waals surface area contributed by atoms with E-state index < -0.39 is 10.0 Å². The molecule has 0 atom stereocenters. The molecule has 0 aliphatic rings. The van der Waals surface area contributed by atoms with Gasteiger partial charge in [0.05, 0.1) is 29.1 Å². The minimum atomic E-state index is -3.75. The van der Waals surface area contributed by atoms with Crippen LogP contribution >= 0.6 is 0 Å². The van der Waals surface area contributed by atoms with E-state index >= 15 is 0 Å². The molecule has 2 aromatic rings. The van der Waals surface area contributed by atoms with Gasteiger partial charge in [0.15, 0.2) is 0 Å². The average Bonchev–Trinajstić information content (AvgIpc) is 2.50. The zero-order chi connectivity index (χ0) is 17.2. The van der Waals surface area contributed by atoms with E-state index in [4.69, 9.17) is 4.74 Å². The molecule has 0 unspecified atom stereocenters. The van der Waals surface area contributed by atoms with E-state index in [2.05, 4.69) is 14.7 Å². The summed E-state index contributed by atoms with van der Waals surface area (Å²) in [5, 5.41) is 0. The van der Waals surface area contributed by atoms with E-state index in [0.29, 0.717) is 28.8 Å². The minimum absolute atomic E-state index is 0.118. The second-order valence-electron chi connectivity index (χ2n) is 5.25. The van der Waals surface area contributed by atoms with Crippen LogP contribution in [0, 0.1) is 13.8 Å². The molecule has 0 saturated heterocycles. The molecular weight excluding hydrogens is 316 g/mol. The number of anilines is 2. The minimum Gasteiger partial charge on any atom is -0.497 e. The Morgan fingerprint density at radius 1 is 1.13 bits per heavy atom. The average molecular weight is 336 g/mol. The van der Waals surface area contributed by atoms with Gasteiger partial charge < -0.3 is 9.64 Å². The van der Waals surface area contributed by atoms with Crippen molar-refractivity contribution in [1.29, 1.82) is 0 Å². The lowest BCUT2D eigenvalue weighted by atomic mass is 10.3. The predicted octanol–water partition coefficient (Wildman–Crippen LogP) is 1.97. The van der Waals surface area contributed by atoms with Gasteiger partial charge in [-0.1, -0.05) is 6.07 Å². The maximum Gasteiger partial charge on any atom is 0.262 e. The summed E-state index contributed by atoms with van der Waals surface area (Å²) in [5.74, 6) is 1.00. The Morgan fingerprint density at radius 3 is 2.26 bits per heavy atom. The summed E-state index contributed by atoms with van der Waals surface area (Å²) >= 11 is 0. The van der Waals surface area contributed by atoms with Crippen molar-refractivity contribution in [3.05, 3.63) is 35.7 Å². The van der Waals surface area contributed by atoms with Gasteiger partial charge in [-0.2, -0.15) is 0 Å². The van der Waals surface area contributed by atoms with Gasteiger partial charge in [0.25, 0.3) is 10.0 Å². The van der Waals surface area contributed by atoms with Crippen molar-refractivity contribution in [1.82, 2.24) is 9.97 Å². The third-order valence-electron chi connectivity index (χ3n) is 3.25. The fraction of sp³-hybridized carbons (Fsp3) is 0.333. The molecule has 1 heterocycles. The molecule has 0 bridgehead atoms. The van der Waals surface area contributed by atoms with E-state index in [1.165, 1.54) is 19.2 Å². The number of aromatic nitrogens is 2. The monoisotopic (exact) mass is 336 g/mol. The number of rotatable bonds is 5. The van der Waals surface area contributed by atoms with E-state index in [-0.39, 0.29) is 4.90 Å². The standard InChI is InChI=1S/C15H20N4O3S/c1-10-14(11(2)17-15(16-10)19(3)4)18-23(20,21)13-8-6-7-12(9-13)22-5/h6-9,18H,1-5H3. The number of aryl methyl sites for hydroxylation is 2. The maximum atomic E-state index is 12.6. The molecule has 0 amide bonds. The first-order valence-electron chi connectivity index (χ1n) is 6.94. The van der Waals surface area contributed by atoms with Gasteiger partial charge in [-0.15, -0.1) is 0 Å². The normalized spacial score (nSPS) is 11.2. The number of nitrogens with zero attached hydrogens (tertiary/aromatic N) is 3. The Morgan fingerprint density at radius 2 is 1.74 bits per heavy atom. The number of hydrogen-bond acceptors (Lipinski definition) is 6. The number of sulfonamides is 1. The lowest BCUT2D eigenvalue weighted by Crippen LogP contribution is -2.18. The topological polar surface area (TPSA) is 84.4 Å². The van der Waals surface area contributed by atoms with Crippen LogP contribution in [0.1, 0.15) is 11.4 Å². The highest BCUT2D eigenvalue weighted by Crippen LogP contribution is 2.24. The highest BCUT2D eigenvalue weighted by Gasteiger charge is 2.19. The van der Waals surface area contributed by atoms with E-state index in [9.17, 15) is 8.42 Å². The van der Waals surface area contributed by atoms with Crippen molar-refractivity contribution in [2.75, 3.05) is 30.8 Å². The Hall–Kier alpha value is -2.35. The lowest BCUT2D eigenvalue weighted by molar-refractivity contribution is 0.413. The zero-order valence-electron chi connectivity index (χ0n) is 13.8. The molecule has 124 valence electrons. The van der Waals surface area contributed by atoms with Crippen molar-refractivity contribution >= 4 is 21.7 Å². The first-order chi connectivity index (χ1) is 10.7. The van der Waals surface area contributed by atoms with Crippen LogP contribution in [0.4, 0.5) is 11.6 Å². The molecule has 7 nitrogen and oxygen atoms in total. The molecule has 0 aliphatic carbocycles. The Kier molecular flexibility index (Phi) is 4.74. The molecule has 0 aliphatic heterocycles. The molecule has 0 saturated carbocycles. The largest absolute Gasteiger partial charge is 0.497 e. The number of nitrogens with one attached hydrogen (secondary N) is 1. The molecule has 23 heavy (non-hydrogen) atoms. The molecule has 1 aromatic carbocycles. The summed E-state index contributed by atoms with van der Waals surface area (Å²) in [5.41, 5.74) is 1.51. The number of methoxy groups -OCH3 is 1. The number of hydrogen-bond donors (Lipinski definition) is 1. The van der Waals surface area contributed by atoms with E-state index in [1.807, 2.05) is 14.1 Å². The molecule has 1 N–H and O–H groups in total. The van der Waals surface area contributed by atoms with Crippen LogP contribution in [0.15, 0.2) is 29.2 Å². The van der Waals surface area contributed by atoms with Gasteiger partial charge in [-0.25, -0.2) is 18.4 Å². The van der Waals surface area contributed by atoms with Gasteiger partial charge in [-0.3, -0.25) is 4.72 Å². The quantitative estimate of drug-likeness (QED) is 0.898. The van der Waals surface area contributed by atoms with Crippen LogP contribution in [0.25, 0.3) is 0 Å². The van der Waals surface area contributed by atoms with E-state index in [0.717, 1.165) is 0 Å². The van der Waals surface area contributed by atoms with Crippen molar-refractivity contribution in [2.45, 2.75) is 18.7 Å². The first kappa shape index (κ1) is 17.0. The predicted molar refractivity (Wildman–Crippen MR) is 89.6 cm³/mol. The molecule has 8 heteroatoms. The smallest absolute Gasteiger partial charge is 0.262 e. The fourth-order valence-corrected chi connectivity index (χ4v) is 3.22. The van der Waals surface area contributed by atoms with Gasteiger partial charge >= 0.3 is 0 Å². The Labute approximate surface area is 136 Å². The lowest BCUT2D eigenvalue weighted by Gasteiger charge is -2.16. The number of benzene rings is 1. The fourth-order valence-electron chi connectivity index (χ4n) is 2.01. The van der Waals surface area contributed by atoms with Crippen LogP contribution in [0.3, 0.4) is 0 Å². The van der Waals surface area contributed by atoms with Gasteiger partial charge in [0.2, 0.25) is 5.95 Å².